The molecule has 0 spiro atoms. The van der Waals surface area contributed by atoms with Crippen LogP contribution in [0.3, 0.4) is 0 Å². The lowest BCUT2D eigenvalue weighted by Gasteiger charge is -2.08. The van der Waals surface area contributed by atoms with Crippen LogP contribution in [-0.4, -0.2) is 11.0 Å². The van der Waals surface area contributed by atoms with E-state index in [-0.39, 0.29) is 5.84 Å². The molecule has 20 heavy (non-hydrogen) atoms. The summed E-state index contributed by atoms with van der Waals surface area (Å²) in [7, 11) is 0. The van der Waals surface area contributed by atoms with Gasteiger partial charge in [0.25, 0.3) is 0 Å². The second-order valence-electron chi connectivity index (χ2n) is 4.70. The summed E-state index contributed by atoms with van der Waals surface area (Å²) in [5.41, 5.74) is 8.80. The van der Waals surface area contributed by atoms with Crippen molar-refractivity contribution in [3.63, 3.8) is 0 Å². The summed E-state index contributed by atoms with van der Waals surface area (Å²) in [5, 5.41) is 15.3. The van der Waals surface area contributed by atoms with Crippen LogP contribution in [0.4, 0.5) is 0 Å². The number of thiophene rings is 1. The Hall–Kier alpha value is -1.85. The first-order valence-corrected chi connectivity index (χ1v) is 7.26. The Morgan fingerprint density at radius 1 is 1.30 bits per heavy atom. The van der Waals surface area contributed by atoms with Gasteiger partial charge in [-0.15, -0.1) is 11.3 Å². The summed E-state index contributed by atoms with van der Waals surface area (Å²) in [5.74, 6) is 0.144. The van der Waals surface area contributed by atoms with Gasteiger partial charge in [0.15, 0.2) is 5.84 Å². The molecule has 0 atom stereocenters. The average Bonchev–Trinajstić information content (AvgIpc) is 2.77. The van der Waals surface area contributed by atoms with Crippen molar-refractivity contribution < 1.29 is 5.21 Å². The SMILES string of the molecule is Cc1cc(CNCc2ccccc2C(N)=NO)sc1C. The summed E-state index contributed by atoms with van der Waals surface area (Å²) in [6, 6.07) is 9.87. The Kier molecular flexibility index (Phi) is 4.76. The number of aryl methyl sites for hydroxylation is 2. The molecule has 4 nitrogen and oxygen atoms in total. The Bertz CT molecular complexity index is 600. The van der Waals surface area contributed by atoms with E-state index in [0.29, 0.717) is 6.54 Å². The molecule has 0 saturated carbocycles. The molecule has 4 N–H and O–H groups in total. The van der Waals surface area contributed by atoms with Gasteiger partial charge in [-0.2, -0.15) is 0 Å². The van der Waals surface area contributed by atoms with Gasteiger partial charge in [-0.1, -0.05) is 29.4 Å². The van der Waals surface area contributed by atoms with Gasteiger partial charge in [-0.25, -0.2) is 0 Å². The monoisotopic (exact) mass is 289 g/mol. The largest absolute Gasteiger partial charge is 0.409 e. The standard InChI is InChI=1S/C15H19N3OS/c1-10-7-13(20-11(10)2)9-17-8-12-5-3-4-6-14(12)15(16)18-19/h3-7,17,19H,8-9H2,1-2H3,(H2,16,18). The maximum Gasteiger partial charge on any atom is 0.170 e. The molecule has 2 aromatic rings. The van der Waals surface area contributed by atoms with E-state index < -0.39 is 0 Å². The maximum atomic E-state index is 8.79. The van der Waals surface area contributed by atoms with Crippen molar-refractivity contribution in [1.29, 1.82) is 0 Å². The third kappa shape index (κ3) is 3.37. The number of benzene rings is 1. The number of hydrogen-bond donors (Lipinski definition) is 3. The van der Waals surface area contributed by atoms with Gasteiger partial charge in [0.2, 0.25) is 0 Å². The molecule has 1 aromatic carbocycles. The maximum absolute atomic E-state index is 8.79. The van der Waals surface area contributed by atoms with Crippen molar-refractivity contribution in [2.75, 3.05) is 0 Å². The highest BCUT2D eigenvalue weighted by atomic mass is 32.1. The number of nitrogens with zero attached hydrogens (tertiary/aromatic N) is 1. The van der Waals surface area contributed by atoms with Crippen LogP contribution < -0.4 is 11.1 Å². The fourth-order valence-corrected chi connectivity index (χ4v) is 3.06. The van der Waals surface area contributed by atoms with Crippen LogP contribution in [0, 0.1) is 13.8 Å². The van der Waals surface area contributed by atoms with Gasteiger partial charge in [0, 0.05) is 28.4 Å². The summed E-state index contributed by atoms with van der Waals surface area (Å²) in [4.78, 5) is 2.68. The van der Waals surface area contributed by atoms with Gasteiger partial charge in [0.1, 0.15) is 0 Å². The van der Waals surface area contributed by atoms with Crippen molar-refractivity contribution in [1.82, 2.24) is 5.32 Å². The average molecular weight is 289 g/mol. The van der Waals surface area contributed by atoms with Crippen LogP contribution in [-0.2, 0) is 13.1 Å². The predicted octanol–water partition coefficient (Wildman–Crippen LogP) is 2.75. The van der Waals surface area contributed by atoms with Crippen LogP contribution in [0.2, 0.25) is 0 Å². The van der Waals surface area contributed by atoms with Crippen LogP contribution >= 0.6 is 11.3 Å². The summed E-state index contributed by atoms with van der Waals surface area (Å²) >= 11 is 1.81. The summed E-state index contributed by atoms with van der Waals surface area (Å²) < 4.78 is 0. The number of nitrogens with one attached hydrogen (secondary N) is 1. The molecule has 106 valence electrons. The highest BCUT2D eigenvalue weighted by Gasteiger charge is 2.06. The number of hydrogen-bond acceptors (Lipinski definition) is 4. The normalized spacial score (nSPS) is 11.8. The third-order valence-electron chi connectivity index (χ3n) is 3.23. The Balaban J connectivity index is 2.01. The van der Waals surface area contributed by atoms with Crippen LogP contribution in [0.1, 0.15) is 26.4 Å². The number of oxime groups is 1. The Labute approximate surface area is 122 Å². The summed E-state index contributed by atoms with van der Waals surface area (Å²) in [6.45, 7) is 5.77. The minimum absolute atomic E-state index is 0.144. The predicted molar refractivity (Wildman–Crippen MR) is 83.3 cm³/mol. The fourth-order valence-electron chi connectivity index (χ4n) is 2.04. The molecule has 0 saturated heterocycles. The van der Waals surface area contributed by atoms with Gasteiger partial charge in [-0.05, 0) is 31.0 Å². The number of amidine groups is 1. The van der Waals surface area contributed by atoms with Crippen molar-refractivity contribution >= 4 is 17.2 Å². The van der Waals surface area contributed by atoms with E-state index in [2.05, 4.69) is 30.4 Å². The number of nitrogens with two attached hydrogens (primary N) is 1. The summed E-state index contributed by atoms with van der Waals surface area (Å²) in [6.07, 6.45) is 0. The molecule has 1 heterocycles. The van der Waals surface area contributed by atoms with Gasteiger partial charge in [0.05, 0.1) is 0 Å². The molecule has 0 unspecified atom stereocenters. The molecule has 0 aliphatic rings. The molecular weight excluding hydrogens is 270 g/mol. The van der Waals surface area contributed by atoms with E-state index in [1.54, 1.807) is 0 Å². The highest BCUT2D eigenvalue weighted by Crippen LogP contribution is 2.20. The molecule has 0 amide bonds. The molecule has 5 heteroatoms. The Morgan fingerprint density at radius 3 is 2.70 bits per heavy atom. The van der Waals surface area contributed by atoms with Crippen LogP contribution in [0.15, 0.2) is 35.5 Å². The molecule has 1 aromatic heterocycles. The fraction of sp³-hybridized carbons (Fsp3) is 0.267. The van der Waals surface area contributed by atoms with E-state index >= 15 is 0 Å². The third-order valence-corrected chi connectivity index (χ3v) is 4.39. The molecule has 0 aliphatic heterocycles. The van der Waals surface area contributed by atoms with Gasteiger partial charge in [-0.3, -0.25) is 0 Å². The smallest absolute Gasteiger partial charge is 0.170 e. The van der Waals surface area contributed by atoms with Crippen molar-refractivity contribution in [3.8, 4) is 0 Å². The van der Waals surface area contributed by atoms with Crippen LogP contribution in [0.25, 0.3) is 0 Å². The molecule has 0 fully saturated rings. The lowest BCUT2D eigenvalue weighted by atomic mass is 10.1. The van der Waals surface area contributed by atoms with Gasteiger partial charge >= 0.3 is 0 Å². The van der Waals surface area contributed by atoms with E-state index in [0.717, 1.165) is 17.7 Å². The second-order valence-corrected chi connectivity index (χ2v) is 6.04. The van der Waals surface area contributed by atoms with Crippen LogP contribution in [0.5, 0.6) is 0 Å². The zero-order valence-corrected chi connectivity index (χ0v) is 12.5. The van der Waals surface area contributed by atoms with Crippen molar-refractivity contribution in [2.24, 2.45) is 10.9 Å². The minimum Gasteiger partial charge on any atom is -0.409 e. The van der Waals surface area contributed by atoms with Crippen molar-refractivity contribution in [2.45, 2.75) is 26.9 Å². The first kappa shape index (κ1) is 14.6. The minimum atomic E-state index is 0.144. The molecule has 0 radical (unpaired) electrons. The lowest BCUT2D eigenvalue weighted by Crippen LogP contribution is -2.19. The number of rotatable bonds is 5. The highest BCUT2D eigenvalue weighted by molar-refractivity contribution is 7.12. The second kappa shape index (κ2) is 6.54. The van der Waals surface area contributed by atoms with E-state index in [9.17, 15) is 0 Å². The Morgan fingerprint density at radius 2 is 2.05 bits per heavy atom. The van der Waals surface area contributed by atoms with E-state index in [1.807, 2.05) is 35.6 Å². The van der Waals surface area contributed by atoms with Crippen molar-refractivity contribution in [3.05, 3.63) is 56.8 Å². The van der Waals surface area contributed by atoms with E-state index in [4.69, 9.17) is 10.9 Å². The zero-order chi connectivity index (χ0) is 14.5. The topological polar surface area (TPSA) is 70.6 Å². The first-order chi connectivity index (χ1) is 9.61. The zero-order valence-electron chi connectivity index (χ0n) is 11.7. The lowest BCUT2D eigenvalue weighted by molar-refractivity contribution is 0.318. The van der Waals surface area contributed by atoms with E-state index in [1.165, 1.54) is 15.3 Å². The molecule has 0 bridgehead atoms. The molecular formula is C15H19N3OS. The van der Waals surface area contributed by atoms with Gasteiger partial charge < -0.3 is 16.3 Å². The quantitative estimate of drug-likeness (QED) is 0.343. The first-order valence-electron chi connectivity index (χ1n) is 6.44. The molecule has 2 rings (SSSR count). The molecule has 0 aliphatic carbocycles.